The smallest absolute Gasteiger partial charge is 0.404 e. The summed E-state index contributed by atoms with van der Waals surface area (Å²) in [5, 5.41) is 18.3. The van der Waals surface area contributed by atoms with Gasteiger partial charge in [0.25, 0.3) is 0 Å². The molecule has 0 aliphatic carbocycles. The van der Waals surface area contributed by atoms with Crippen LogP contribution in [-0.2, 0) is 9.53 Å². The van der Waals surface area contributed by atoms with Crippen LogP contribution in [0.15, 0.2) is 12.2 Å². The first kappa shape index (κ1) is 27.7. The standard InChI is InChI=1S/C18H34O3.C3H7NO2/c1-2-3-4-11-14-17(19)15-12-9-7-5-6-8-10-13-16-18(20)21;1-2-6-3(4)5/h9,12,17,19H,2-8,10-11,13-16H2,1H3,(H,20,21);2H2,1H3,(H2,4,5)/b12-9-;/t17-;/m1./s1. The molecule has 0 bridgehead atoms. The number of aliphatic carboxylic acids is 1. The molecular weight excluding hydrogens is 346 g/mol. The number of carbonyl (C=O) groups excluding carboxylic acids is 1. The lowest BCUT2D eigenvalue weighted by atomic mass is 10.1. The maximum absolute atomic E-state index is 10.3. The quantitative estimate of drug-likeness (QED) is 0.250. The van der Waals surface area contributed by atoms with Gasteiger partial charge in [0.15, 0.2) is 0 Å². The molecule has 160 valence electrons. The van der Waals surface area contributed by atoms with Crippen molar-refractivity contribution in [2.75, 3.05) is 6.61 Å². The zero-order valence-corrected chi connectivity index (χ0v) is 17.3. The van der Waals surface area contributed by atoms with E-state index < -0.39 is 12.1 Å². The van der Waals surface area contributed by atoms with Gasteiger partial charge < -0.3 is 20.7 Å². The van der Waals surface area contributed by atoms with Gasteiger partial charge in [0, 0.05) is 6.42 Å². The number of ether oxygens (including phenoxy) is 1. The fourth-order valence-corrected chi connectivity index (χ4v) is 2.51. The predicted octanol–water partition coefficient (Wildman–Crippen LogP) is 5.18. The van der Waals surface area contributed by atoms with E-state index in [1.165, 1.54) is 25.7 Å². The first-order valence-corrected chi connectivity index (χ1v) is 10.4. The summed E-state index contributed by atoms with van der Waals surface area (Å²) in [5.41, 5.74) is 4.54. The number of carbonyl (C=O) groups is 2. The fraction of sp³-hybridized carbons (Fsp3) is 0.810. The first-order chi connectivity index (χ1) is 12.9. The first-order valence-electron chi connectivity index (χ1n) is 10.4. The Morgan fingerprint density at radius 2 is 1.59 bits per heavy atom. The van der Waals surface area contributed by atoms with Crippen molar-refractivity contribution in [2.45, 2.75) is 103 Å². The highest BCUT2D eigenvalue weighted by atomic mass is 16.5. The lowest BCUT2D eigenvalue weighted by molar-refractivity contribution is -0.137. The van der Waals surface area contributed by atoms with Gasteiger partial charge in [0.1, 0.15) is 0 Å². The summed E-state index contributed by atoms with van der Waals surface area (Å²) in [7, 11) is 0. The lowest BCUT2D eigenvalue weighted by Crippen LogP contribution is -2.11. The van der Waals surface area contributed by atoms with Crippen LogP contribution in [0.25, 0.3) is 0 Å². The average Bonchev–Trinajstić information content (AvgIpc) is 2.60. The summed E-state index contributed by atoms with van der Waals surface area (Å²) in [5.74, 6) is -0.689. The van der Waals surface area contributed by atoms with Crippen LogP contribution in [0.1, 0.15) is 97.3 Å². The number of hydrogen-bond donors (Lipinski definition) is 3. The summed E-state index contributed by atoms with van der Waals surface area (Å²) in [4.78, 5) is 19.9. The van der Waals surface area contributed by atoms with Gasteiger partial charge in [-0.25, -0.2) is 4.79 Å². The minimum absolute atomic E-state index is 0.172. The maximum Gasteiger partial charge on any atom is 0.404 e. The number of nitrogens with two attached hydrogens (primary N) is 1. The van der Waals surface area contributed by atoms with E-state index in [9.17, 15) is 14.7 Å². The fourth-order valence-electron chi connectivity index (χ4n) is 2.51. The molecule has 0 saturated carbocycles. The molecule has 27 heavy (non-hydrogen) atoms. The minimum atomic E-state index is -0.711. The van der Waals surface area contributed by atoms with Crippen LogP contribution in [0, 0.1) is 0 Å². The van der Waals surface area contributed by atoms with Crippen molar-refractivity contribution >= 4 is 12.1 Å². The van der Waals surface area contributed by atoms with Crippen molar-refractivity contribution < 1.29 is 24.5 Å². The Bertz CT molecular complexity index is 372. The van der Waals surface area contributed by atoms with Crippen LogP contribution in [0.5, 0.6) is 0 Å². The van der Waals surface area contributed by atoms with Crippen LogP contribution in [-0.4, -0.2) is 35.0 Å². The molecule has 1 atom stereocenters. The Kier molecular flexibility index (Phi) is 23.0. The van der Waals surface area contributed by atoms with E-state index in [0.29, 0.717) is 13.0 Å². The summed E-state index contributed by atoms with van der Waals surface area (Å²) in [6, 6.07) is 0. The van der Waals surface area contributed by atoms with Crippen molar-refractivity contribution in [3.8, 4) is 0 Å². The molecule has 0 radical (unpaired) electrons. The number of aliphatic hydroxyl groups is 1. The second-order valence-corrected chi connectivity index (χ2v) is 6.66. The third-order valence-corrected chi connectivity index (χ3v) is 4.01. The molecule has 6 heteroatoms. The summed E-state index contributed by atoms with van der Waals surface area (Å²) < 4.78 is 4.18. The van der Waals surface area contributed by atoms with Gasteiger partial charge in [0.05, 0.1) is 12.7 Å². The molecular formula is C21H41NO5. The van der Waals surface area contributed by atoms with Crippen LogP contribution in [0.4, 0.5) is 4.79 Å². The molecule has 4 N–H and O–H groups in total. The predicted molar refractivity (Wildman–Crippen MR) is 110 cm³/mol. The Hall–Kier alpha value is -1.56. The summed E-state index contributed by atoms with van der Waals surface area (Å²) >= 11 is 0. The number of allylic oxidation sites excluding steroid dienone is 1. The highest BCUT2D eigenvalue weighted by Crippen LogP contribution is 2.10. The second kappa shape index (κ2) is 22.5. The third-order valence-electron chi connectivity index (χ3n) is 4.01. The Morgan fingerprint density at radius 1 is 0.963 bits per heavy atom. The van der Waals surface area contributed by atoms with Crippen LogP contribution in [0.3, 0.4) is 0 Å². The number of hydrogen-bond acceptors (Lipinski definition) is 4. The molecule has 0 unspecified atom stereocenters. The normalized spacial score (nSPS) is 11.7. The topological polar surface area (TPSA) is 110 Å². The largest absolute Gasteiger partial charge is 0.481 e. The monoisotopic (exact) mass is 387 g/mol. The van der Waals surface area contributed by atoms with Gasteiger partial charge in [-0.3, -0.25) is 4.79 Å². The van der Waals surface area contributed by atoms with E-state index in [0.717, 1.165) is 51.4 Å². The minimum Gasteiger partial charge on any atom is -0.481 e. The van der Waals surface area contributed by atoms with E-state index in [-0.39, 0.29) is 6.10 Å². The molecule has 0 aliphatic rings. The number of carboxylic acid groups (broad SMARTS) is 1. The highest BCUT2D eigenvalue weighted by molar-refractivity contribution is 5.66. The van der Waals surface area contributed by atoms with Crippen molar-refractivity contribution in [2.24, 2.45) is 5.73 Å². The lowest BCUT2D eigenvalue weighted by Gasteiger charge is -2.07. The van der Waals surface area contributed by atoms with Gasteiger partial charge in [-0.2, -0.15) is 0 Å². The van der Waals surface area contributed by atoms with Crippen molar-refractivity contribution in [3.05, 3.63) is 12.2 Å². The molecule has 1 amide bonds. The number of unbranched alkanes of at least 4 members (excludes halogenated alkanes) is 8. The highest BCUT2D eigenvalue weighted by Gasteiger charge is 2.00. The SMILES string of the molecule is CCCCCC[C@@H](O)C/C=C\CCCCCCCC(=O)O.CCOC(N)=O. The van der Waals surface area contributed by atoms with E-state index in [2.05, 4.69) is 29.5 Å². The van der Waals surface area contributed by atoms with Gasteiger partial charge in [-0.05, 0) is 39.0 Å². The van der Waals surface area contributed by atoms with Gasteiger partial charge in [0.2, 0.25) is 0 Å². The van der Waals surface area contributed by atoms with E-state index >= 15 is 0 Å². The van der Waals surface area contributed by atoms with Crippen LogP contribution < -0.4 is 5.73 Å². The molecule has 0 rings (SSSR count). The average molecular weight is 388 g/mol. The molecule has 6 nitrogen and oxygen atoms in total. The second-order valence-electron chi connectivity index (χ2n) is 6.66. The third kappa shape index (κ3) is 29.5. The molecule has 0 fully saturated rings. The van der Waals surface area contributed by atoms with Gasteiger partial charge >= 0.3 is 12.1 Å². The van der Waals surface area contributed by atoms with Crippen molar-refractivity contribution in [3.63, 3.8) is 0 Å². The van der Waals surface area contributed by atoms with Crippen molar-refractivity contribution in [1.29, 1.82) is 0 Å². The van der Waals surface area contributed by atoms with Gasteiger partial charge in [-0.15, -0.1) is 0 Å². The van der Waals surface area contributed by atoms with Crippen molar-refractivity contribution in [1.82, 2.24) is 0 Å². The van der Waals surface area contributed by atoms with E-state index in [4.69, 9.17) is 5.11 Å². The molecule has 0 aromatic rings. The molecule has 0 aromatic carbocycles. The molecule has 0 aromatic heterocycles. The summed E-state index contributed by atoms with van der Waals surface area (Å²) in [6.07, 6.45) is 16.6. The van der Waals surface area contributed by atoms with Gasteiger partial charge in [-0.1, -0.05) is 64.0 Å². The number of carboxylic acids is 1. The number of amides is 1. The zero-order valence-electron chi connectivity index (χ0n) is 17.3. The maximum atomic E-state index is 10.3. The molecule has 0 spiro atoms. The van der Waals surface area contributed by atoms with Crippen LogP contribution >= 0.6 is 0 Å². The molecule has 0 saturated heterocycles. The number of primary amides is 1. The molecule has 0 heterocycles. The Labute approximate surface area is 165 Å². The number of rotatable bonds is 16. The molecule has 0 aliphatic heterocycles. The van der Waals surface area contributed by atoms with E-state index in [1.807, 2.05) is 0 Å². The summed E-state index contributed by atoms with van der Waals surface area (Å²) in [6.45, 7) is 4.26. The van der Waals surface area contributed by atoms with E-state index in [1.54, 1.807) is 6.92 Å². The Morgan fingerprint density at radius 3 is 2.15 bits per heavy atom. The van der Waals surface area contributed by atoms with Crippen LogP contribution in [0.2, 0.25) is 0 Å². The number of aliphatic hydroxyl groups excluding tert-OH is 1. The zero-order chi connectivity index (χ0) is 20.8. The Balaban J connectivity index is 0.